The summed E-state index contributed by atoms with van der Waals surface area (Å²) in [6, 6.07) is 6.41. The van der Waals surface area contributed by atoms with E-state index in [1.54, 1.807) is 6.07 Å². The van der Waals surface area contributed by atoms with Crippen LogP contribution in [-0.4, -0.2) is 10.9 Å². The zero-order valence-electron chi connectivity index (χ0n) is 12.1. The minimum Gasteiger partial charge on any atom is -0.338 e. The summed E-state index contributed by atoms with van der Waals surface area (Å²) in [7, 11) is 0. The van der Waals surface area contributed by atoms with Gasteiger partial charge >= 0.3 is 0 Å². The van der Waals surface area contributed by atoms with E-state index < -0.39 is 0 Å². The number of carbonyl (C=O) groups excluding carboxylic acids is 1. The number of benzene rings is 1. The Morgan fingerprint density at radius 1 is 1.36 bits per heavy atom. The first-order chi connectivity index (χ1) is 10.6. The zero-order chi connectivity index (χ0) is 15.3. The lowest BCUT2D eigenvalue weighted by molar-refractivity contribution is -0.116. The maximum absolute atomic E-state index is 13.7. The Morgan fingerprint density at radius 3 is 3.05 bits per heavy atom. The van der Waals surface area contributed by atoms with Gasteiger partial charge in [-0.05, 0) is 37.5 Å². The number of anilines is 1. The smallest absolute Gasteiger partial charge is 0.233 e. The average molecular weight is 298 g/mol. The number of fused-ring (bicyclic) bond motifs is 1. The molecule has 0 spiro atoms. The Labute approximate surface area is 127 Å². The zero-order valence-corrected chi connectivity index (χ0v) is 12.1. The molecular formula is C17H15FN2O2. The quantitative estimate of drug-likeness (QED) is 0.872. The maximum Gasteiger partial charge on any atom is 0.233 e. The molecule has 5 heteroatoms. The van der Waals surface area contributed by atoms with E-state index in [1.165, 1.54) is 12.1 Å². The number of nitrogens with one attached hydrogen (secondary N) is 1. The van der Waals surface area contributed by atoms with Crippen LogP contribution < -0.4 is 5.32 Å². The molecular weight excluding hydrogens is 283 g/mol. The molecule has 1 aliphatic carbocycles. The number of hydrogen-bond acceptors (Lipinski definition) is 4. The summed E-state index contributed by atoms with van der Waals surface area (Å²) < 4.78 is 19.0. The molecule has 1 N–H and O–H groups in total. The van der Waals surface area contributed by atoms with Gasteiger partial charge in [0.1, 0.15) is 5.82 Å². The third-order valence-corrected chi connectivity index (χ3v) is 4.39. The van der Waals surface area contributed by atoms with Crippen LogP contribution in [0.4, 0.5) is 10.3 Å². The van der Waals surface area contributed by atoms with Gasteiger partial charge in [-0.2, -0.15) is 0 Å². The summed E-state index contributed by atoms with van der Waals surface area (Å²) in [4.78, 5) is 12.5. The van der Waals surface area contributed by atoms with Crippen molar-refractivity contribution >= 4 is 11.7 Å². The highest BCUT2D eigenvalue weighted by Crippen LogP contribution is 2.46. The normalized spacial score (nSPS) is 20.5. The molecule has 112 valence electrons. The van der Waals surface area contributed by atoms with E-state index in [2.05, 4.69) is 10.5 Å². The molecule has 1 aromatic carbocycles. The van der Waals surface area contributed by atoms with Crippen molar-refractivity contribution in [1.29, 1.82) is 0 Å². The number of halogens is 1. The fraction of sp³-hybridized carbons (Fsp3) is 0.294. The van der Waals surface area contributed by atoms with Crippen molar-refractivity contribution in [2.24, 2.45) is 0 Å². The number of hydrogen-bond donors (Lipinski definition) is 1. The lowest BCUT2D eigenvalue weighted by Crippen LogP contribution is -2.26. The van der Waals surface area contributed by atoms with Crippen molar-refractivity contribution in [2.45, 2.75) is 32.1 Å². The molecule has 0 bridgehead atoms. The van der Waals surface area contributed by atoms with Gasteiger partial charge in [-0.25, -0.2) is 4.39 Å². The summed E-state index contributed by atoms with van der Waals surface area (Å²) in [5.41, 5.74) is 3.93. The van der Waals surface area contributed by atoms with Crippen LogP contribution in [0.25, 0.3) is 0 Å². The molecule has 0 fully saturated rings. The lowest BCUT2D eigenvalue weighted by Gasteiger charge is -2.31. The fourth-order valence-electron chi connectivity index (χ4n) is 3.44. The minimum atomic E-state index is -0.308. The van der Waals surface area contributed by atoms with E-state index in [-0.39, 0.29) is 17.5 Å². The molecule has 4 nitrogen and oxygen atoms in total. The van der Waals surface area contributed by atoms with Gasteiger partial charge < -0.3 is 9.84 Å². The fourth-order valence-corrected chi connectivity index (χ4v) is 3.44. The molecule has 1 aromatic heterocycles. The van der Waals surface area contributed by atoms with Crippen LogP contribution in [0.1, 0.15) is 42.0 Å². The molecule has 2 heterocycles. The van der Waals surface area contributed by atoms with Gasteiger partial charge in [-0.1, -0.05) is 17.3 Å². The Kier molecular flexibility index (Phi) is 2.89. The van der Waals surface area contributed by atoms with Gasteiger partial charge in [0.2, 0.25) is 5.88 Å². The maximum atomic E-state index is 13.7. The summed E-state index contributed by atoms with van der Waals surface area (Å²) in [5.74, 6) is 0.0765. The Hall–Kier alpha value is -2.43. The van der Waals surface area contributed by atoms with Crippen molar-refractivity contribution in [2.75, 3.05) is 5.32 Å². The van der Waals surface area contributed by atoms with E-state index in [1.807, 2.05) is 13.0 Å². The summed E-state index contributed by atoms with van der Waals surface area (Å²) in [6.07, 6.45) is 2.15. The number of nitrogens with zero attached hydrogens (tertiary/aromatic N) is 1. The summed E-state index contributed by atoms with van der Waals surface area (Å²) in [5, 5.41) is 7.21. The molecule has 1 atom stereocenters. The molecule has 1 aliphatic heterocycles. The van der Waals surface area contributed by atoms with Gasteiger partial charge in [-0.3, -0.25) is 4.79 Å². The van der Waals surface area contributed by atoms with Crippen molar-refractivity contribution in [3.63, 3.8) is 0 Å². The second kappa shape index (κ2) is 4.80. The van der Waals surface area contributed by atoms with Gasteiger partial charge in [0.25, 0.3) is 0 Å². The largest absolute Gasteiger partial charge is 0.338 e. The first-order valence-corrected chi connectivity index (χ1v) is 7.40. The third-order valence-electron chi connectivity index (χ3n) is 4.39. The Bertz CT molecular complexity index is 807. The van der Waals surface area contributed by atoms with E-state index >= 15 is 0 Å². The predicted molar refractivity (Wildman–Crippen MR) is 79.0 cm³/mol. The molecule has 0 saturated carbocycles. The van der Waals surface area contributed by atoms with E-state index in [4.69, 9.17) is 4.52 Å². The Morgan fingerprint density at radius 2 is 2.23 bits per heavy atom. The topological polar surface area (TPSA) is 55.1 Å². The van der Waals surface area contributed by atoms with E-state index in [9.17, 15) is 9.18 Å². The lowest BCUT2D eigenvalue weighted by atomic mass is 9.76. The molecule has 0 amide bonds. The minimum absolute atomic E-state index is 0.120. The Balaban J connectivity index is 1.96. The highest BCUT2D eigenvalue weighted by atomic mass is 19.1. The standard InChI is InChI=1S/C17H15FN2O2/c1-9-14-15(10-4-2-5-11(18)8-10)16-12(6-3-7-13(16)21)19-17(14)22-20-9/h2,4-5,8,15,19H,3,6-7H2,1H3/t15-/m1/s1. The van der Waals surface area contributed by atoms with Crippen molar-refractivity contribution < 1.29 is 13.7 Å². The third kappa shape index (κ3) is 1.89. The number of carbonyl (C=O) groups is 1. The first-order valence-electron chi connectivity index (χ1n) is 7.40. The molecule has 0 unspecified atom stereocenters. The van der Waals surface area contributed by atoms with Crippen LogP contribution in [0.15, 0.2) is 40.1 Å². The van der Waals surface area contributed by atoms with Crippen molar-refractivity contribution in [1.82, 2.24) is 5.16 Å². The first kappa shape index (κ1) is 13.2. The number of rotatable bonds is 1. The van der Waals surface area contributed by atoms with Gasteiger partial charge in [-0.15, -0.1) is 0 Å². The monoisotopic (exact) mass is 298 g/mol. The van der Waals surface area contributed by atoms with E-state index in [0.29, 0.717) is 12.3 Å². The molecule has 2 aromatic rings. The average Bonchev–Trinajstić information content (AvgIpc) is 2.87. The van der Waals surface area contributed by atoms with Gasteiger partial charge in [0.15, 0.2) is 5.78 Å². The number of ketones is 1. The van der Waals surface area contributed by atoms with Crippen LogP contribution in [0.3, 0.4) is 0 Å². The molecule has 4 rings (SSSR count). The van der Waals surface area contributed by atoms with Crippen LogP contribution in [0.5, 0.6) is 0 Å². The molecule has 2 aliphatic rings. The number of aryl methyl sites for hydroxylation is 1. The SMILES string of the molecule is Cc1noc2c1[C@@H](c1cccc(F)c1)C1=C(CCCC1=O)N2. The summed E-state index contributed by atoms with van der Waals surface area (Å²) in [6.45, 7) is 1.84. The van der Waals surface area contributed by atoms with Crippen LogP contribution in [-0.2, 0) is 4.79 Å². The van der Waals surface area contributed by atoms with Gasteiger partial charge in [0, 0.05) is 23.6 Å². The predicted octanol–water partition coefficient (Wildman–Crippen LogP) is 3.69. The van der Waals surface area contributed by atoms with Crippen LogP contribution >= 0.6 is 0 Å². The molecule has 22 heavy (non-hydrogen) atoms. The van der Waals surface area contributed by atoms with E-state index in [0.717, 1.165) is 40.9 Å². The van der Waals surface area contributed by atoms with Crippen molar-refractivity contribution in [3.8, 4) is 0 Å². The number of aromatic nitrogens is 1. The highest BCUT2D eigenvalue weighted by molar-refractivity contribution is 6.00. The second-order valence-corrected chi connectivity index (χ2v) is 5.79. The molecule has 0 radical (unpaired) electrons. The summed E-state index contributed by atoms with van der Waals surface area (Å²) >= 11 is 0. The molecule has 0 saturated heterocycles. The van der Waals surface area contributed by atoms with Crippen LogP contribution in [0.2, 0.25) is 0 Å². The van der Waals surface area contributed by atoms with Crippen LogP contribution in [0, 0.1) is 12.7 Å². The number of Topliss-reactive ketones (excluding diaryl/α,β-unsaturated/α-hetero) is 1. The highest BCUT2D eigenvalue weighted by Gasteiger charge is 2.38. The second-order valence-electron chi connectivity index (χ2n) is 5.79. The van der Waals surface area contributed by atoms with Crippen molar-refractivity contribution in [3.05, 3.63) is 58.2 Å². The number of allylic oxidation sites excluding steroid dienone is 2. The van der Waals surface area contributed by atoms with Gasteiger partial charge in [0.05, 0.1) is 11.3 Å².